The predicted octanol–water partition coefficient (Wildman–Crippen LogP) is 4.95. The Kier molecular flexibility index (Phi) is 4.51. The summed E-state index contributed by atoms with van der Waals surface area (Å²) in [5.41, 5.74) is 2.40. The van der Waals surface area contributed by atoms with Gasteiger partial charge in [-0.2, -0.15) is 5.10 Å². The van der Waals surface area contributed by atoms with Gasteiger partial charge in [0, 0.05) is 24.2 Å². The van der Waals surface area contributed by atoms with Crippen LogP contribution in [0.2, 0.25) is 20.2 Å². The van der Waals surface area contributed by atoms with Gasteiger partial charge in [-0.3, -0.25) is 4.68 Å². The van der Waals surface area contributed by atoms with Gasteiger partial charge in [0.25, 0.3) is 0 Å². The van der Waals surface area contributed by atoms with E-state index in [4.69, 9.17) is 46.4 Å². The molecule has 1 heterocycles. The zero-order valence-corrected chi connectivity index (χ0v) is 13.3. The first-order valence-corrected chi connectivity index (χ1v) is 6.97. The van der Waals surface area contributed by atoms with E-state index in [2.05, 4.69) is 10.4 Å². The van der Waals surface area contributed by atoms with Gasteiger partial charge in [0.15, 0.2) is 0 Å². The van der Waals surface area contributed by atoms with Crippen molar-refractivity contribution in [1.82, 2.24) is 9.78 Å². The van der Waals surface area contributed by atoms with Crippen LogP contribution in [-0.4, -0.2) is 9.78 Å². The molecule has 0 unspecified atom stereocenters. The van der Waals surface area contributed by atoms with Gasteiger partial charge in [0.05, 0.1) is 21.4 Å². The molecule has 7 heteroatoms. The van der Waals surface area contributed by atoms with Gasteiger partial charge in [0.1, 0.15) is 5.15 Å². The third-order valence-corrected chi connectivity index (χ3v) is 4.01. The highest BCUT2D eigenvalue weighted by Crippen LogP contribution is 2.34. The Labute approximate surface area is 131 Å². The molecule has 0 fully saturated rings. The van der Waals surface area contributed by atoms with Crippen molar-refractivity contribution in [3.63, 3.8) is 0 Å². The average molecular weight is 339 g/mol. The van der Waals surface area contributed by atoms with Crippen LogP contribution in [-0.2, 0) is 13.6 Å². The summed E-state index contributed by atoms with van der Waals surface area (Å²) in [6.45, 7) is 2.38. The number of rotatable bonds is 3. The Bertz CT molecular complexity index is 599. The second-order valence-electron chi connectivity index (χ2n) is 4.08. The largest absolute Gasteiger partial charge is 0.378 e. The lowest BCUT2D eigenvalue weighted by Gasteiger charge is -2.11. The molecule has 0 atom stereocenters. The van der Waals surface area contributed by atoms with Crippen molar-refractivity contribution in [2.75, 3.05) is 5.32 Å². The second kappa shape index (κ2) is 5.80. The van der Waals surface area contributed by atoms with Gasteiger partial charge >= 0.3 is 0 Å². The van der Waals surface area contributed by atoms with Crippen molar-refractivity contribution in [3.8, 4) is 0 Å². The van der Waals surface area contributed by atoms with Crippen molar-refractivity contribution in [2.45, 2.75) is 13.5 Å². The number of anilines is 1. The molecule has 3 nitrogen and oxygen atoms in total. The third kappa shape index (κ3) is 3.11. The summed E-state index contributed by atoms with van der Waals surface area (Å²) < 4.78 is 1.62. The first kappa shape index (κ1) is 14.8. The number of nitrogens with one attached hydrogen (secondary N) is 1. The van der Waals surface area contributed by atoms with E-state index in [9.17, 15) is 0 Å². The topological polar surface area (TPSA) is 29.9 Å². The van der Waals surface area contributed by atoms with Crippen LogP contribution in [0.25, 0.3) is 0 Å². The number of benzene rings is 1. The Morgan fingerprint density at radius 3 is 2.21 bits per heavy atom. The molecule has 1 N–H and O–H groups in total. The number of hydrogen-bond donors (Lipinski definition) is 1. The molecule has 2 rings (SSSR count). The molecule has 0 saturated heterocycles. The Morgan fingerprint density at radius 2 is 1.74 bits per heavy atom. The molecule has 0 radical (unpaired) electrons. The number of aromatic nitrogens is 2. The fourth-order valence-corrected chi connectivity index (χ4v) is 2.95. The maximum absolute atomic E-state index is 6.16. The summed E-state index contributed by atoms with van der Waals surface area (Å²) in [5, 5.41) is 9.42. The van der Waals surface area contributed by atoms with Gasteiger partial charge in [-0.1, -0.05) is 46.4 Å². The van der Waals surface area contributed by atoms with Crippen molar-refractivity contribution in [2.24, 2.45) is 7.05 Å². The lowest BCUT2D eigenvalue weighted by molar-refractivity contribution is 0.757. The van der Waals surface area contributed by atoms with E-state index in [1.165, 1.54) is 0 Å². The van der Waals surface area contributed by atoms with E-state index in [1.54, 1.807) is 23.9 Å². The van der Waals surface area contributed by atoms with E-state index in [0.717, 1.165) is 11.3 Å². The molecule has 0 aliphatic carbocycles. The monoisotopic (exact) mass is 337 g/mol. The van der Waals surface area contributed by atoms with Crippen LogP contribution < -0.4 is 5.32 Å². The molecule has 0 bridgehead atoms. The molecule has 102 valence electrons. The predicted molar refractivity (Wildman–Crippen MR) is 81.8 cm³/mol. The van der Waals surface area contributed by atoms with Crippen LogP contribution in [0, 0.1) is 6.92 Å². The van der Waals surface area contributed by atoms with Crippen molar-refractivity contribution < 1.29 is 0 Å². The van der Waals surface area contributed by atoms with E-state index >= 15 is 0 Å². The van der Waals surface area contributed by atoms with Crippen LogP contribution in [0.3, 0.4) is 0 Å². The van der Waals surface area contributed by atoms with Crippen LogP contribution in [0.15, 0.2) is 12.1 Å². The maximum atomic E-state index is 6.16. The first-order chi connectivity index (χ1) is 8.90. The molecule has 2 aromatic rings. The van der Waals surface area contributed by atoms with Gasteiger partial charge in [-0.25, -0.2) is 0 Å². The van der Waals surface area contributed by atoms with E-state index in [0.29, 0.717) is 32.5 Å². The first-order valence-electron chi connectivity index (χ1n) is 5.46. The summed E-state index contributed by atoms with van der Waals surface area (Å²) in [6.07, 6.45) is 0. The SMILES string of the molecule is Cc1nn(C)c(Cl)c1CNc1c(Cl)cc(Cl)cc1Cl. The van der Waals surface area contributed by atoms with E-state index < -0.39 is 0 Å². The summed E-state index contributed by atoms with van der Waals surface area (Å²) in [6, 6.07) is 3.27. The molecular weight excluding hydrogens is 328 g/mol. The average Bonchev–Trinajstić information content (AvgIpc) is 2.53. The Balaban J connectivity index is 2.24. The second-order valence-corrected chi connectivity index (χ2v) is 5.69. The van der Waals surface area contributed by atoms with E-state index in [-0.39, 0.29) is 0 Å². The summed E-state index contributed by atoms with van der Waals surface area (Å²) in [5.74, 6) is 0. The minimum atomic E-state index is 0.468. The standard InChI is InChI=1S/C12H11Cl4N3/c1-6-8(12(16)19(2)18-6)5-17-11-9(14)3-7(13)4-10(11)15/h3-4,17H,5H2,1-2H3. The lowest BCUT2D eigenvalue weighted by atomic mass is 10.2. The fourth-order valence-electron chi connectivity index (χ4n) is 1.76. The van der Waals surface area contributed by atoms with Crippen molar-refractivity contribution in [3.05, 3.63) is 43.6 Å². The highest BCUT2D eigenvalue weighted by atomic mass is 35.5. The minimum absolute atomic E-state index is 0.468. The van der Waals surface area contributed by atoms with Crippen LogP contribution >= 0.6 is 46.4 Å². The smallest absolute Gasteiger partial charge is 0.131 e. The fraction of sp³-hybridized carbons (Fsp3) is 0.250. The third-order valence-electron chi connectivity index (χ3n) is 2.72. The van der Waals surface area contributed by atoms with Gasteiger partial charge in [0.2, 0.25) is 0 Å². The zero-order valence-electron chi connectivity index (χ0n) is 10.3. The summed E-state index contributed by atoms with van der Waals surface area (Å²) >= 11 is 24.2. The van der Waals surface area contributed by atoms with Gasteiger partial charge in [-0.05, 0) is 19.1 Å². The summed E-state index contributed by atoms with van der Waals surface area (Å²) in [4.78, 5) is 0. The molecule has 1 aromatic carbocycles. The number of halogens is 4. The summed E-state index contributed by atoms with van der Waals surface area (Å²) in [7, 11) is 1.79. The molecule has 19 heavy (non-hydrogen) atoms. The zero-order chi connectivity index (χ0) is 14.2. The Hall–Kier alpha value is -0.610. The molecule has 0 saturated carbocycles. The quantitative estimate of drug-likeness (QED) is 0.857. The van der Waals surface area contributed by atoms with Crippen molar-refractivity contribution in [1.29, 1.82) is 0 Å². The van der Waals surface area contributed by atoms with Gasteiger partial charge < -0.3 is 5.32 Å². The van der Waals surface area contributed by atoms with E-state index in [1.807, 2.05) is 6.92 Å². The van der Waals surface area contributed by atoms with Crippen LogP contribution in [0.4, 0.5) is 5.69 Å². The molecule has 0 amide bonds. The molecule has 1 aromatic heterocycles. The van der Waals surface area contributed by atoms with Crippen LogP contribution in [0.5, 0.6) is 0 Å². The molecular formula is C12H11Cl4N3. The number of hydrogen-bond acceptors (Lipinski definition) is 2. The minimum Gasteiger partial charge on any atom is -0.378 e. The number of nitrogens with zero attached hydrogens (tertiary/aromatic N) is 2. The van der Waals surface area contributed by atoms with Crippen molar-refractivity contribution >= 4 is 52.1 Å². The normalized spacial score (nSPS) is 10.8. The molecule has 0 spiro atoms. The molecule has 0 aliphatic heterocycles. The number of aryl methyl sites for hydroxylation is 2. The molecule has 0 aliphatic rings. The van der Waals surface area contributed by atoms with Gasteiger partial charge in [-0.15, -0.1) is 0 Å². The maximum Gasteiger partial charge on any atom is 0.131 e. The highest BCUT2D eigenvalue weighted by Gasteiger charge is 2.13. The lowest BCUT2D eigenvalue weighted by Crippen LogP contribution is -2.02. The Morgan fingerprint density at radius 1 is 1.16 bits per heavy atom. The van der Waals surface area contributed by atoms with Crippen LogP contribution in [0.1, 0.15) is 11.3 Å². The highest BCUT2D eigenvalue weighted by molar-refractivity contribution is 6.41.